The molecule has 1 saturated heterocycles. The summed E-state index contributed by atoms with van der Waals surface area (Å²) >= 11 is 1.62. The van der Waals surface area contributed by atoms with E-state index in [0.29, 0.717) is 38.4 Å². The highest BCUT2D eigenvalue weighted by atomic mass is 32.2. The fourth-order valence-corrected chi connectivity index (χ4v) is 6.07. The topological polar surface area (TPSA) is 73.7 Å². The third-order valence-corrected chi connectivity index (χ3v) is 8.36. The Morgan fingerprint density at radius 2 is 1.91 bits per heavy atom. The maximum Gasteiger partial charge on any atom is 0.243 e. The molecule has 4 rings (SSSR count). The fourth-order valence-electron chi connectivity index (χ4n) is 3.75. The van der Waals surface area contributed by atoms with Crippen LogP contribution < -0.4 is 4.74 Å². The van der Waals surface area contributed by atoms with Crippen molar-refractivity contribution >= 4 is 32.8 Å². The Balaban J connectivity index is 1.49. The van der Waals surface area contributed by atoms with Crippen LogP contribution in [0.3, 0.4) is 0 Å². The molecule has 0 unspecified atom stereocenters. The van der Waals surface area contributed by atoms with E-state index in [4.69, 9.17) is 14.5 Å². The van der Waals surface area contributed by atoms with Crippen LogP contribution in [0.25, 0.3) is 11.0 Å². The molecule has 2 aromatic carbocycles. The SMILES string of the molecule is CCn1c(SCCOc2cc(C)ccc2C)nc2cc(S(=O)(=O)N3CCOCC3)ccc21. The molecule has 0 saturated carbocycles. The maximum atomic E-state index is 13.0. The van der Waals surface area contributed by atoms with E-state index in [1.54, 1.807) is 23.9 Å². The minimum atomic E-state index is -3.55. The summed E-state index contributed by atoms with van der Waals surface area (Å²) in [6.45, 7) is 9.10. The number of nitrogens with zero attached hydrogens (tertiary/aromatic N) is 3. The predicted molar refractivity (Wildman–Crippen MR) is 127 cm³/mol. The van der Waals surface area contributed by atoms with Gasteiger partial charge in [-0.25, -0.2) is 13.4 Å². The number of morpholine rings is 1. The van der Waals surface area contributed by atoms with Gasteiger partial charge in [-0.3, -0.25) is 0 Å². The van der Waals surface area contributed by atoms with Crippen molar-refractivity contribution in [2.24, 2.45) is 0 Å². The molecular formula is C23H29N3O4S2. The van der Waals surface area contributed by atoms with Crippen molar-refractivity contribution in [3.05, 3.63) is 47.5 Å². The van der Waals surface area contributed by atoms with Crippen LogP contribution in [0.5, 0.6) is 5.75 Å². The van der Waals surface area contributed by atoms with Crippen molar-refractivity contribution in [1.29, 1.82) is 0 Å². The highest BCUT2D eigenvalue weighted by Crippen LogP contribution is 2.28. The lowest BCUT2D eigenvalue weighted by Gasteiger charge is -2.26. The van der Waals surface area contributed by atoms with Crippen LogP contribution in [0.1, 0.15) is 18.1 Å². The summed E-state index contributed by atoms with van der Waals surface area (Å²) in [6.07, 6.45) is 0. The zero-order chi connectivity index (χ0) is 22.7. The molecule has 1 aliphatic rings. The first-order chi connectivity index (χ1) is 15.4. The second kappa shape index (κ2) is 9.82. The Hall–Kier alpha value is -2.07. The number of aromatic nitrogens is 2. The van der Waals surface area contributed by atoms with Gasteiger partial charge in [0.25, 0.3) is 0 Å². The van der Waals surface area contributed by atoms with Crippen LogP contribution >= 0.6 is 11.8 Å². The van der Waals surface area contributed by atoms with E-state index >= 15 is 0 Å². The summed E-state index contributed by atoms with van der Waals surface area (Å²) in [5.41, 5.74) is 3.93. The molecule has 9 heteroatoms. The molecule has 1 fully saturated rings. The third kappa shape index (κ3) is 4.80. The molecule has 0 amide bonds. The molecule has 32 heavy (non-hydrogen) atoms. The van der Waals surface area contributed by atoms with E-state index in [9.17, 15) is 8.42 Å². The summed E-state index contributed by atoms with van der Waals surface area (Å²) in [6, 6.07) is 11.4. The van der Waals surface area contributed by atoms with Crippen LogP contribution in [0.15, 0.2) is 46.5 Å². The first kappa shape index (κ1) is 23.1. The summed E-state index contributed by atoms with van der Waals surface area (Å²) < 4.78 is 40.9. The molecule has 0 radical (unpaired) electrons. The first-order valence-electron chi connectivity index (χ1n) is 10.8. The fraction of sp³-hybridized carbons (Fsp3) is 0.435. The number of ether oxygens (including phenoxy) is 2. The average molecular weight is 476 g/mol. The summed E-state index contributed by atoms with van der Waals surface area (Å²) in [7, 11) is -3.55. The van der Waals surface area contributed by atoms with Gasteiger partial charge in [-0.15, -0.1) is 0 Å². The van der Waals surface area contributed by atoms with Crippen molar-refractivity contribution in [2.45, 2.75) is 37.4 Å². The molecule has 2 heterocycles. The number of hydrogen-bond acceptors (Lipinski definition) is 6. The normalized spacial score (nSPS) is 15.3. The highest BCUT2D eigenvalue weighted by molar-refractivity contribution is 7.99. The lowest BCUT2D eigenvalue weighted by molar-refractivity contribution is 0.0730. The minimum absolute atomic E-state index is 0.280. The van der Waals surface area contributed by atoms with Crippen molar-refractivity contribution < 1.29 is 17.9 Å². The van der Waals surface area contributed by atoms with Crippen LogP contribution in [0.4, 0.5) is 0 Å². The first-order valence-corrected chi connectivity index (χ1v) is 13.2. The Morgan fingerprint density at radius 1 is 1.12 bits per heavy atom. The van der Waals surface area contributed by atoms with Gasteiger partial charge in [-0.2, -0.15) is 4.31 Å². The van der Waals surface area contributed by atoms with Gasteiger partial charge in [0.05, 0.1) is 35.7 Å². The third-order valence-electron chi connectivity index (χ3n) is 5.52. The van der Waals surface area contributed by atoms with Crippen LogP contribution in [0.2, 0.25) is 0 Å². The van der Waals surface area contributed by atoms with Crippen molar-refractivity contribution in [2.75, 3.05) is 38.7 Å². The molecule has 1 aromatic heterocycles. The zero-order valence-electron chi connectivity index (χ0n) is 18.7. The van der Waals surface area contributed by atoms with Crippen molar-refractivity contribution in [1.82, 2.24) is 13.9 Å². The summed E-state index contributed by atoms with van der Waals surface area (Å²) in [5, 5.41) is 0.869. The average Bonchev–Trinajstić information content (AvgIpc) is 3.16. The second-order valence-electron chi connectivity index (χ2n) is 7.77. The van der Waals surface area contributed by atoms with Gasteiger partial charge in [0.2, 0.25) is 10.0 Å². The smallest absolute Gasteiger partial charge is 0.243 e. The van der Waals surface area contributed by atoms with E-state index in [0.717, 1.165) is 34.3 Å². The number of hydrogen-bond donors (Lipinski definition) is 0. The Bertz CT molecular complexity index is 1200. The van der Waals surface area contributed by atoms with E-state index < -0.39 is 10.0 Å². The number of sulfonamides is 1. The second-order valence-corrected chi connectivity index (χ2v) is 10.8. The van der Waals surface area contributed by atoms with Crippen molar-refractivity contribution in [3.8, 4) is 5.75 Å². The van der Waals surface area contributed by atoms with Gasteiger partial charge in [0.1, 0.15) is 5.75 Å². The van der Waals surface area contributed by atoms with Crippen LogP contribution in [0, 0.1) is 13.8 Å². The lowest BCUT2D eigenvalue weighted by atomic mass is 10.1. The number of imidazole rings is 1. The summed E-state index contributed by atoms with van der Waals surface area (Å²) in [5.74, 6) is 1.66. The predicted octanol–water partition coefficient (Wildman–Crippen LogP) is 3.87. The van der Waals surface area contributed by atoms with E-state index in [-0.39, 0.29) is 4.90 Å². The Kier molecular flexibility index (Phi) is 7.09. The van der Waals surface area contributed by atoms with Gasteiger partial charge < -0.3 is 14.0 Å². The van der Waals surface area contributed by atoms with Gasteiger partial charge >= 0.3 is 0 Å². The molecule has 172 valence electrons. The van der Waals surface area contributed by atoms with Crippen LogP contribution in [-0.4, -0.2) is 60.9 Å². The monoisotopic (exact) mass is 475 g/mol. The number of benzene rings is 2. The highest BCUT2D eigenvalue weighted by Gasteiger charge is 2.27. The van der Waals surface area contributed by atoms with Gasteiger partial charge in [-0.05, 0) is 56.2 Å². The van der Waals surface area contributed by atoms with Crippen molar-refractivity contribution in [3.63, 3.8) is 0 Å². The molecule has 0 bridgehead atoms. The van der Waals surface area contributed by atoms with Gasteiger partial charge in [0, 0.05) is 25.4 Å². The molecule has 0 spiro atoms. The molecule has 3 aromatic rings. The van der Waals surface area contributed by atoms with E-state index in [1.165, 1.54) is 9.87 Å². The van der Waals surface area contributed by atoms with E-state index in [2.05, 4.69) is 36.6 Å². The largest absolute Gasteiger partial charge is 0.492 e. The molecule has 0 N–H and O–H groups in total. The molecule has 1 aliphatic heterocycles. The molecule has 7 nitrogen and oxygen atoms in total. The number of aryl methyl sites for hydroxylation is 3. The van der Waals surface area contributed by atoms with Gasteiger partial charge in [-0.1, -0.05) is 23.9 Å². The van der Waals surface area contributed by atoms with Crippen LogP contribution in [-0.2, 0) is 21.3 Å². The molecular weight excluding hydrogens is 446 g/mol. The quantitative estimate of drug-likeness (QED) is 0.364. The molecule has 0 aliphatic carbocycles. The lowest BCUT2D eigenvalue weighted by Crippen LogP contribution is -2.40. The maximum absolute atomic E-state index is 13.0. The van der Waals surface area contributed by atoms with E-state index in [1.807, 2.05) is 13.0 Å². The Labute approximate surface area is 193 Å². The molecule has 0 atom stereocenters. The Morgan fingerprint density at radius 3 is 2.66 bits per heavy atom. The standard InChI is InChI=1S/C23H29N3O4S2/c1-4-26-21-8-7-19(32(27,28)25-9-11-29-12-10-25)16-20(21)24-23(26)31-14-13-30-22-15-17(2)5-6-18(22)3/h5-8,15-16H,4,9-14H2,1-3H3. The summed E-state index contributed by atoms with van der Waals surface area (Å²) in [4.78, 5) is 5.02. The number of fused-ring (bicyclic) bond motifs is 1. The number of rotatable bonds is 8. The number of thioether (sulfide) groups is 1. The minimum Gasteiger partial charge on any atom is -0.492 e. The zero-order valence-corrected chi connectivity index (χ0v) is 20.3. The van der Waals surface area contributed by atoms with Gasteiger partial charge in [0.15, 0.2) is 5.16 Å².